The lowest BCUT2D eigenvalue weighted by Crippen LogP contribution is -2.01. The van der Waals surface area contributed by atoms with Crippen LogP contribution in [0.4, 0.5) is 0 Å². The first-order chi connectivity index (χ1) is 7.24. The van der Waals surface area contributed by atoms with E-state index in [0.717, 1.165) is 5.75 Å². The fourth-order valence-corrected chi connectivity index (χ4v) is 1.31. The molecule has 0 aliphatic rings. The van der Waals surface area contributed by atoms with E-state index in [0.29, 0.717) is 19.1 Å². The molecule has 0 aliphatic heterocycles. The molecule has 0 unspecified atom stereocenters. The molecule has 1 rings (SSSR count). The molecular formula is C12H15NOS. The number of rotatable bonds is 5. The highest BCUT2D eigenvalue weighted by molar-refractivity contribution is 7.78. The van der Waals surface area contributed by atoms with Gasteiger partial charge in [0.15, 0.2) is 0 Å². The van der Waals surface area contributed by atoms with Gasteiger partial charge in [0, 0.05) is 0 Å². The van der Waals surface area contributed by atoms with E-state index in [4.69, 9.17) is 4.74 Å². The largest absolute Gasteiger partial charge is 0.492 e. The number of thiocarbonyl (C=S) groups is 1. The maximum Gasteiger partial charge on any atom is 0.119 e. The van der Waals surface area contributed by atoms with E-state index >= 15 is 0 Å². The highest BCUT2D eigenvalue weighted by atomic mass is 32.1. The lowest BCUT2D eigenvalue weighted by Gasteiger charge is -2.08. The van der Waals surface area contributed by atoms with Crippen molar-refractivity contribution in [2.75, 3.05) is 13.2 Å². The molecule has 0 atom stereocenters. The van der Waals surface area contributed by atoms with Crippen LogP contribution in [-0.2, 0) is 0 Å². The lowest BCUT2D eigenvalue weighted by molar-refractivity contribution is 0.328. The molecule has 0 saturated carbocycles. The second-order valence-electron chi connectivity index (χ2n) is 3.55. The van der Waals surface area contributed by atoms with E-state index in [2.05, 4.69) is 48.4 Å². The summed E-state index contributed by atoms with van der Waals surface area (Å²) in [5, 5.41) is 2.31. The Balaban J connectivity index is 2.54. The van der Waals surface area contributed by atoms with Gasteiger partial charge in [-0.15, -0.1) is 0 Å². The van der Waals surface area contributed by atoms with Gasteiger partial charge in [-0.2, -0.15) is 0 Å². The van der Waals surface area contributed by atoms with Crippen molar-refractivity contribution in [1.29, 1.82) is 0 Å². The van der Waals surface area contributed by atoms with Crippen molar-refractivity contribution in [3.63, 3.8) is 0 Å². The van der Waals surface area contributed by atoms with Gasteiger partial charge in [-0.3, -0.25) is 0 Å². The van der Waals surface area contributed by atoms with Crippen LogP contribution in [0.3, 0.4) is 0 Å². The topological polar surface area (TPSA) is 21.6 Å². The summed E-state index contributed by atoms with van der Waals surface area (Å²) in [5.74, 6) is 1.41. The van der Waals surface area contributed by atoms with Crippen molar-refractivity contribution < 1.29 is 4.74 Å². The molecule has 0 spiro atoms. The first kappa shape index (κ1) is 11.9. The third kappa shape index (κ3) is 4.24. The average Bonchev–Trinajstić information content (AvgIpc) is 2.25. The molecule has 3 heteroatoms. The minimum Gasteiger partial charge on any atom is -0.492 e. The van der Waals surface area contributed by atoms with Crippen LogP contribution < -0.4 is 4.74 Å². The molecule has 1 aromatic carbocycles. The van der Waals surface area contributed by atoms with Gasteiger partial charge >= 0.3 is 0 Å². The molecule has 1 aromatic rings. The minimum atomic E-state index is 0.521. The molecule has 0 bridgehead atoms. The van der Waals surface area contributed by atoms with Crippen LogP contribution in [0, 0.1) is 0 Å². The van der Waals surface area contributed by atoms with Gasteiger partial charge in [0.25, 0.3) is 0 Å². The first-order valence-electron chi connectivity index (χ1n) is 5.00. The fraction of sp³-hybridized carbons (Fsp3) is 0.417. The zero-order chi connectivity index (χ0) is 11.1. The second kappa shape index (κ2) is 6.33. The molecule has 0 amide bonds. The predicted octanol–water partition coefficient (Wildman–Crippen LogP) is 3.29. The quantitative estimate of drug-likeness (QED) is 0.432. The number of isothiocyanates is 1. The van der Waals surface area contributed by atoms with E-state index in [1.165, 1.54) is 5.56 Å². The van der Waals surface area contributed by atoms with Crippen LogP contribution in [0.1, 0.15) is 25.3 Å². The summed E-state index contributed by atoms with van der Waals surface area (Å²) in [7, 11) is 0. The van der Waals surface area contributed by atoms with Gasteiger partial charge in [0.05, 0.1) is 11.7 Å². The number of hydrogen-bond donors (Lipinski definition) is 0. The zero-order valence-electron chi connectivity index (χ0n) is 9.06. The molecule has 0 heterocycles. The van der Waals surface area contributed by atoms with Crippen LogP contribution in [0.2, 0.25) is 0 Å². The molecule has 0 aliphatic carbocycles. The molecule has 0 aromatic heterocycles. The summed E-state index contributed by atoms with van der Waals surface area (Å²) < 4.78 is 5.52. The van der Waals surface area contributed by atoms with E-state index in [1.807, 2.05) is 12.1 Å². The van der Waals surface area contributed by atoms with Crippen LogP contribution in [0.25, 0.3) is 0 Å². The van der Waals surface area contributed by atoms with Gasteiger partial charge in [0.2, 0.25) is 0 Å². The molecule has 0 N–H and O–H groups in total. The summed E-state index contributed by atoms with van der Waals surface area (Å²) in [4.78, 5) is 3.78. The Hall–Kier alpha value is -1.18. The van der Waals surface area contributed by atoms with Crippen LogP contribution >= 0.6 is 12.2 Å². The molecule has 0 radical (unpaired) electrons. The Labute approximate surface area is 96.0 Å². The van der Waals surface area contributed by atoms with Crippen LogP contribution in [0.5, 0.6) is 5.75 Å². The number of benzene rings is 1. The van der Waals surface area contributed by atoms with E-state index in [-0.39, 0.29) is 0 Å². The van der Waals surface area contributed by atoms with E-state index in [9.17, 15) is 0 Å². The molecule has 0 saturated heterocycles. The van der Waals surface area contributed by atoms with Crippen molar-refractivity contribution in [3.8, 4) is 5.75 Å². The Kier molecular flexibility index (Phi) is 5.02. The van der Waals surface area contributed by atoms with Crippen LogP contribution in [-0.4, -0.2) is 18.3 Å². The molecular weight excluding hydrogens is 206 g/mol. The average molecular weight is 221 g/mol. The monoisotopic (exact) mass is 221 g/mol. The standard InChI is InChI=1S/C12H15NOS/c1-10(2)11-4-3-5-12(8-11)14-7-6-13-9-15/h3-5,8,10H,6-7H2,1-2H3. The Bertz CT molecular complexity index is 356. The lowest BCUT2D eigenvalue weighted by atomic mass is 10.0. The number of ether oxygens (including phenoxy) is 1. The van der Waals surface area contributed by atoms with Gasteiger partial charge in [-0.1, -0.05) is 26.0 Å². The number of hydrogen-bond acceptors (Lipinski definition) is 3. The summed E-state index contributed by atoms with van der Waals surface area (Å²) in [6, 6.07) is 8.12. The third-order valence-corrected chi connectivity index (χ3v) is 2.19. The number of aliphatic imine (C=N–C) groups is 1. The highest BCUT2D eigenvalue weighted by Crippen LogP contribution is 2.19. The Morgan fingerprint density at radius 2 is 2.27 bits per heavy atom. The maximum absolute atomic E-state index is 5.52. The Morgan fingerprint density at radius 1 is 1.47 bits per heavy atom. The predicted molar refractivity (Wildman–Crippen MR) is 65.9 cm³/mol. The summed E-state index contributed by atoms with van der Waals surface area (Å²) >= 11 is 4.46. The molecule has 2 nitrogen and oxygen atoms in total. The fourth-order valence-electron chi connectivity index (χ4n) is 1.22. The normalized spacial score (nSPS) is 9.80. The summed E-state index contributed by atoms with van der Waals surface area (Å²) in [6.45, 7) is 5.44. The first-order valence-corrected chi connectivity index (χ1v) is 5.41. The van der Waals surface area contributed by atoms with Crippen LogP contribution in [0.15, 0.2) is 29.3 Å². The second-order valence-corrected chi connectivity index (χ2v) is 3.73. The third-order valence-electron chi connectivity index (χ3n) is 2.06. The van der Waals surface area contributed by atoms with Crippen molar-refractivity contribution in [3.05, 3.63) is 29.8 Å². The van der Waals surface area contributed by atoms with Crippen molar-refractivity contribution in [1.82, 2.24) is 0 Å². The van der Waals surface area contributed by atoms with Crippen molar-refractivity contribution >= 4 is 17.4 Å². The van der Waals surface area contributed by atoms with Gasteiger partial charge in [0.1, 0.15) is 12.4 Å². The highest BCUT2D eigenvalue weighted by Gasteiger charge is 2.00. The van der Waals surface area contributed by atoms with E-state index < -0.39 is 0 Å². The van der Waals surface area contributed by atoms with Crippen molar-refractivity contribution in [2.45, 2.75) is 19.8 Å². The molecule has 15 heavy (non-hydrogen) atoms. The van der Waals surface area contributed by atoms with Crippen molar-refractivity contribution in [2.24, 2.45) is 4.99 Å². The zero-order valence-corrected chi connectivity index (χ0v) is 9.88. The molecule has 0 fully saturated rings. The maximum atomic E-state index is 5.52. The minimum absolute atomic E-state index is 0.521. The smallest absolute Gasteiger partial charge is 0.119 e. The Morgan fingerprint density at radius 3 is 2.93 bits per heavy atom. The van der Waals surface area contributed by atoms with E-state index in [1.54, 1.807) is 0 Å². The van der Waals surface area contributed by atoms with Gasteiger partial charge in [-0.05, 0) is 35.8 Å². The number of nitrogens with zero attached hydrogens (tertiary/aromatic N) is 1. The summed E-state index contributed by atoms with van der Waals surface area (Å²) in [5.41, 5.74) is 1.28. The van der Waals surface area contributed by atoms with Gasteiger partial charge < -0.3 is 4.74 Å². The SMILES string of the molecule is CC(C)c1cccc(OCCN=C=S)c1. The summed E-state index contributed by atoms with van der Waals surface area (Å²) in [6.07, 6.45) is 0. The molecule has 80 valence electrons. The van der Waals surface area contributed by atoms with Gasteiger partial charge in [-0.25, -0.2) is 4.99 Å².